The number of amides is 1. The Kier molecular flexibility index (Phi) is 6.20. The van der Waals surface area contributed by atoms with Crippen LogP contribution in [0.4, 0.5) is 17.6 Å². The zero-order valence-electron chi connectivity index (χ0n) is 15.1. The Morgan fingerprint density at radius 2 is 1.93 bits per heavy atom. The summed E-state index contributed by atoms with van der Waals surface area (Å²) < 4.78 is 54.1. The Hall–Kier alpha value is -1.79. The fourth-order valence-corrected chi connectivity index (χ4v) is 4.07. The second-order valence-electron chi connectivity index (χ2n) is 7.41. The summed E-state index contributed by atoms with van der Waals surface area (Å²) in [5.74, 6) is 0.278. The Bertz CT molecular complexity index is 739. The summed E-state index contributed by atoms with van der Waals surface area (Å²) in [6, 6.07) is 2.83. The van der Waals surface area contributed by atoms with E-state index in [0.717, 1.165) is 42.9 Å². The average molecular weight is 415 g/mol. The molecule has 152 valence electrons. The van der Waals surface area contributed by atoms with E-state index < -0.39 is 35.5 Å². The molecule has 0 saturated heterocycles. The monoisotopic (exact) mass is 415 g/mol. The van der Waals surface area contributed by atoms with Gasteiger partial charge in [0.25, 0.3) is 0 Å². The molecule has 1 amide bonds. The maximum absolute atomic E-state index is 13.7. The highest BCUT2D eigenvalue weighted by atomic mass is 32.2. The van der Waals surface area contributed by atoms with Crippen LogP contribution in [0.2, 0.25) is 0 Å². The van der Waals surface area contributed by atoms with Gasteiger partial charge >= 0.3 is 6.18 Å². The smallest absolute Gasteiger partial charge is 0.336 e. The standard InChI is InChI=1S/C19H21F4N3OS/c20-14-5-3-13(4-6-14)16(19(21,22)23)25-15(10-28-9-12-1-2-12)17(27)26-18(11-24)7-8-18/h3-6,12,15-16,25H,1-2,7-10H2,(H,26,27). The minimum atomic E-state index is -4.66. The number of alkyl halides is 3. The van der Waals surface area contributed by atoms with Crippen LogP contribution < -0.4 is 10.6 Å². The van der Waals surface area contributed by atoms with Crippen molar-refractivity contribution in [2.75, 3.05) is 11.5 Å². The van der Waals surface area contributed by atoms with Crippen LogP contribution in [0.3, 0.4) is 0 Å². The van der Waals surface area contributed by atoms with Gasteiger partial charge in [-0.05, 0) is 55.1 Å². The molecular formula is C19H21F4N3OS. The molecule has 1 aromatic rings. The van der Waals surface area contributed by atoms with Crippen molar-refractivity contribution in [1.82, 2.24) is 10.6 Å². The average Bonchev–Trinajstić information content (AvgIpc) is 3.54. The van der Waals surface area contributed by atoms with Gasteiger partial charge in [0, 0.05) is 5.75 Å². The number of nitriles is 1. The number of carbonyl (C=O) groups is 1. The van der Waals surface area contributed by atoms with Gasteiger partial charge in [0.05, 0.1) is 12.1 Å². The molecule has 0 radical (unpaired) electrons. The Labute approximate surface area is 165 Å². The van der Waals surface area contributed by atoms with Crippen LogP contribution in [0.25, 0.3) is 0 Å². The molecule has 3 rings (SSSR count). The second kappa shape index (κ2) is 8.29. The molecule has 1 aromatic carbocycles. The molecule has 9 heteroatoms. The molecule has 0 heterocycles. The quantitative estimate of drug-likeness (QED) is 0.604. The lowest BCUT2D eigenvalue weighted by Gasteiger charge is -2.28. The van der Waals surface area contributed by atoms with Gasteiger partial charge in [-0.1, -0.05) is 12.1 Å². The van der Waals surface area contributed by atoms with Gasteiger partial charge in [0.15, 0.2) is 0 Å². The molecule has 4 nitrogen and oxygen atoms in total. The highest BCUT2D eigenvalue weighted by Gasteiger charge is 2.47. The van der Waals surface area contributed by atoms with E-state index in [1.807, 2.05) is 6.07 Å². The number of nitrogens with zero attached hydrogens (tertiary/aromatic N) is 1. The van der Waals surface area contributed by atoms with E-state index in [1.54, 1.807) is 0 Å². The van der Waals surface area contributed by atoms with Gasteiger partial charge in [-0.15, -0.1) is 0 Å². The number of carbonyl (C=O) groups excluding carboxylic acids is 1. The first-order valence-corrected chi connectivity index (χ1v) is 10.3. The van der Waals surface area contributed by atoms with Crippen molar-refractivity contribution in [2.24, 2.45) is 5.92 Å². The lowest BCUT2D eigenvalue weighted by molar-refractivity contribution is -0.160. The van der Waals surface area contributed by atoms with E-state index in [1.165, 1.54) is 11.8 Å². The van der Waals surface area contributed by atoms with Crippen LogP contribution in [-0.4, -0.2) is 35.2 Å². The highest BCUT2D eigenvalue weighted by Crippen LogP contribution is 2.36. The van der Waals surface area contributed by atoms with Crippen molar-refractivity contribution in [3.63, 3.8) is 0 Å². The normalized spacial score (nSPS) is 20.1. The third-order valence-corrected chi connectivity index (χ3v) is 6.15. The summed E-state index contributed by atoms with van der Waals surface area (Å²) in [7, 11) is 0. The third kappa shape index (κ3) is 5.61. The number of halogens is 4. The fraction of sp³-hybridized carbons (Fsp3) is 0.579. The minimum absolute atomic E-state index is 0.164. The van der Waals surface area contributed by atoms with Gasteiger partial charge in [-0.2, -0.15) is 30.2 Å². The van der Waals surface area contributed by atoms with E-state index in [0.29, 0.717) is 18.8 Å². The Balaban J connectivity index is 1.74. The fourth-order valence-electron chi connectivity index (χ4n) is 2.79. The molecule has 0 aromatic heterocycles. The molecule has 2 unspecified atom stereocenters. The second-order valence-corrected chi connectivity index (χ2v) is 8.48. The number of hydrogen-bond donors (Lipinski definition) is 2. The summed E-state index contributed by atoms with van der Waals surface area (Å²) in [4.78, 5) is 12.6. The van der Waals surface area contributed by atoms with Crippen molar-refractivity contribution in [2.45, 2.75) is 49.5 Å². The molecular weight excluding hydrogens is 394 g/mol. The van der Waals surface area contributed by atoms with E-state index in [4.69, 9.17) is 5.26 Å². The molecule has 2 fully saturated rings. The first kappa shape index (κ1) is 20.9. The number of thioether (sulfide) groups is 1. The van der Waals surface area contributed by atoms with Gasteiger partial charge in [-0.25, -0.2) is 4.39 Å². The van der Waals surface area contributed by atoms with Crippen LogP contribution >= 0.6 is 11.8 Å². The van der Waals surface area contributed by atoms with Gasteiger partial charge in [0.1, 0.15) is 17.4 Å². The summed E-state index contributed by atoms with van der Waals surface area (Å²) >= 11 is 1.43. The van der Waals surface area contributed by atoms with E-state index in [2.05, 4.69) is 10.6 Å². The maximum atomic E-state index is 13.7. The summed E-state index contributed by atoms with van der Waals surface area (Å²) in [5, 5.41) is 14.1. The summed E-state index contributed by atoms with van der Waals surface area (Å²) in [6.45, 7) is 0. The zero-order chi connectivity index (χ0) is 20.4. The lowest BCUT2D eigenvalue weighted by Crippen LogP contribution is -2.52. The van der Waals surface area contributed by atoms with Crippen LogP contribution in [0.1, 0.15) is 37.3 Å². The molecule has 2 N–H and O–H groups in total. The molecule has 2 aliphatic carbocycles. The van der Waals surface area contributed by atoms with Crippen LogP contribution in [0.15, 0.2) is 24.3 Å². The molecule has 0 bridgehead atoms. The van der Waals surface area contributed by atoms with Crippen molar-refractivity contribution in [3.8, 4) is 6.07 Å². The third-order valence-electron chi connectivity index (χ3n) is 4.88. The minimum Gasteiger partial charge on any atom is -0.336 e. The van der Waals surface area contributed by atoms with Gasteiger partial charge in [0.2, 0.25) is 5.91 Å². The predicted octanol–water partition coefficient (Wildman–Crippen LogP) is 3.70. The predicted molar refractivity (Wildman–Crippen MR) is 97.9 cm³/mol. The lowest BCUT2D eigenvalue weighted by atomic mass is 10.0. The molecule has 0 spiro atoms. The van der Waals surface area contributed by atoms with Crippen molar-refractivity contribution in [3.05, 3.63) is 35.6 Å². The van der Waals surface area contributed by atoms with Gasteiger partial charge < -0.3 is 5.32 Å². The number of nitrogens with one attached hydrogen (secondary N) is 2. The highest BCUT2D eigenvalue weighted by molar-refractivity contribution is 7.99. The molecule has 28 heavy (non-hydrogen) atoms. The van der Waals surface area contributed by atoms with Crippen molar-refractivity contribution >= 4 is 17.7 Å². The van der Waals surface area contributed by atoms with Crippen molar-refractivity contribution in [1.29, 1.82) is 5.26 Å². The van der Waals surface area contributed by atoms with E-state index >= 15 is 0 Å². The largest absolute Gasteiger partial charge is 0.407 e. The zero-order valence-corrected chi connectivity index (χ0v) is 15.9. The molecule has 0 aliphatic heterocycles. The number of rotatable bonds is 9. The molecule has 2 atom stereocenters. The molecule has 2 aliphatic rings. The molecule has 2 saturated carbocycles. The topological polar surface area (TPSA) is 64.9 Å². The van der Waals surface area contributed by atoms with Crippen LogP contribution in [0.5, 0.6) is 0 Å². The van der Waals surface area contributed by atoms with E-state index in [-0.39, 0.29) is 11.3 Å². The van der Waals surface area contributed by atoms with Crippen LogP contribution in [0, 0.1) is 23.1 Å². The van der Waals surface area contributed by atoms with Crippen molar-refractivity contribution < 1.29 is 22.4 Å². The Morgan fingerprint density at radius 3 is 2.43 bits per heavy atom. The maximum Gasteiger partial charge on any atom is 0.407 e. The van der Waals surface area contributed by atoms with E-state index in [9.17, 15) is 22.4 Å². The SMILES string of the molecule is N#CC1(NC(=O)C(CSCC2CC2)NC(c2ccc(F)cc2)C(F)(F)F)CC1. The first-order valence-electron chi connectivity index (χ1n) is 9.12. The number of hydrogen-bond acceptors (Lipinski definition) is 4. The van der Waals surface area contributed by atoms with Crippen LogP contribution in [-0.2, 0) is 4.79 Å². The first-order chi connectivity index (χ1) is 13.2. The summed E-state index contributed by atoms with van der Waals surface area (Å²) in [6.07, 6.45) is -1.45. The number of benzene rings is 1. The summed E-state index contributed by atoms with van der Waals surface area (Å²) in [5.41, 5.74) is -1.12. The Morgan fingerprint density at radius 1 is 1.29 bits per heavy atom. The van der Waals surface area contributed by atoms with Gasteiger partial charge in [-0.3, -0.25) is 10.1 Å².